The first-order chi connectivity index (χ1) is 20.6. The molecule has 0 saturated carbocycles. The van der Waals surface area contributed by atoms with Crippen molar-refractivity contribution in [2.75, 3.05) is 11.2 Å². The molecule has 204 valence electrons. The summed E-state index contributed by atoms with van der Waals surface area (Å²) in [4.78, 5) is 3.72. The smallest absolute Gasteiger partial charge is 0.0600 e. The molecule has 0 aromatic heterocycles. The van der Waals surface area contributed by atoms with Crippen LogP contribution in [0, 0.1) is 6.92 Å². The maximum atomic E-state index is 2.43. The second-order valence-corrected chi connectivity index (χ2v) is 12.0. The van der Waals surface area contributed by atoms with Gasteiger partial charge in [0, 0.05) is 21.7 Å². The van der Waals surface area contributed by atoms with Crippen LogP contribution in [0.5, 0.6) is 0 Å². The number of thioether (sulfide) groups is 1. The van der Waals surface area contributed by atoms with E-state index in [1.807, 2.05) is 11.8 Å². The van der Waals surface area contributed by atoms with E-state index in [9.17, 15) is 0 Å². The van der Waals surface area contributed by atoms with Crippen LogP contribution in [0.2, 0.25) is 0 Å². The number of hydrogen-bond acceptors (Lipinski definition) is 2. The molecule has 1 atom stereocenters. The number of nitrogens with zero attached hydrogens (tertiary/aromatic N) is 1. The van der Waals surface area contributed by atoms with E-state index in [0.717, 1.165) is 11.4 Å². The zero-order chi connectivity index (χ0) is 28.7. The van der Waals surface area contributed by atoms with E-state index in [1.165, 1.54) is 55.1 Å². The van der Waals surface area contributed by atoms with E-state index in [0.29, 0.717) is 0 Å². The molecular formula is C40H33NS. The Morgan fingerprint density at radius 3 is 1.90 bits per heavy atom. The van der Waals surface area contributed by atoms with Gasteiger partial charge >= 0.3 is 0 Å². The van der Waals surface area contributed by atoms with Crippen molar-refractivity contribution in [2.45, 2.75) is 24.2 Å². The fourth-order valence-corrected chi connectivity index (χ4v) is 7.40. The summed E-state index contributed by atoms with van der Waals surface area (Å²) in [6, 6.07) is 53.1. The van der Waals surface area contributed by atoms with Crippen LogP contribution in [0.4, 0.5) is 17.1 Å². The molecule has 0 heterocycles. The Kier molecular flexibility index (Phi) is 6.72. The highest BCUT2D eigenvalue weighted by Crippen LogP contribution is 2.54. The minimum atomic E-state index is -0.249. The number of benzene rings is 6. The highest BCUT2D eigenvalue weighted by Gasteiger charge is 2.41. The van der Waals surface area contributed by atoms with Gasteiger partial charge in [0.1, 0.15) is 0 Å². The third-order valence-corrected chi connectivity index (χ3v) is 9.72. The molecule has 0 radical (unpaired) electrons. The lowest BCUT2D eigenvalue weighted by Crippen LogP contribution is -2.23. The molecule has 6 aromatic carbocycles. The molecule has 0 bridgehead atoms. The topological polar surface area (TPSA) is 3.24 Å². The highest BCUT2D eigenvalue weighted by atomic mass is 32.2. The molecule has 0 amide bonds. The van der Waals surface area contributed by atoms with Crippen LogP contribution in [0.25, 0.3) is 22.3 Å². The molecule has 0 N–H and O–H groups in total. The molecule has 7 rings (SSSR count). The average molecular weight is 560 g/mol. The van der Waals surface area contributed by atoms with Gasteiger partial charge in [0.2, 0.25) is 0 Å². The number of aryl methyl sites for hydroxylation is 1. The van der Waals surface area contributed by atoms with Crippen LogP contribution in [0.1, 0.15) is 29.2 Å². The van der Waals surface area contributed by atoms with E-state index < -0.39 is 0 Å². The molecule has 0 saturated heterocycles. The Labute approximate surface area is 253 Å². The van der Waals surface area contributed by atoms with Crippen LogP contribution >= 0.6 is 11.8 Å². The van der Waals surface area contributed by atoms with Crippen LogP contribution in [-0.4, -0.2) is 6.26 Å². The summed E-state index contributed by atoms with van der Waals surface area (Å²) in [6.07, 6.45) is 2.17. The van der Waals surface area contributed by atoms with Crippen LogP contribution in [0.3, 0.4) is 0 Å². The zero-order valence-electron chi connectivity index (χ0n) is 24.2. The van der Waals surface area contributed by atoms with Gasteiger partial charge in [0.25, 0.3) is 0 Å². The maximum Gasteiger partial charge on any atom is 0.0600 e. The van der Waals surface area contributed by atoms with Crippen molar-refractivity contribution in [1.29, 1.82) is 0 Å². The highest BCUT2D eigenvalue weighted by molar-refractivity contribution is 7.98. The Morgan fingerprint density at radius 1 is 0.548 bits per heavy atom. The monoisotopic (exact) mass is 559 g/mol. The molecule has 6 aromatic rings. The van der Waals surface area contributed by atoms with Crippen molar-refractivity contribution in [3.8, 4) is 22.3 Å². The summed E-state index contributed by atoms with van der Waals surface area (Å²) in [5.74, 6) is 0. The second-order valence-electron chi connectivity index (χ2n) is 11.1. The summed E-state index contributed by atoms with van der Waals surface area (Å²) >= 11 is 1.81. The molecule has 0 spiro atoms. The Hall–Kier alpha value is -4.53. The Morgan fingerprint density at radius 2 is 1.17 bits per heavy atom. The van der Waals surface area contributed by atoms with Crippen molar-refractivity contribution >= 4 is 28.8 Å². The van der Waals surface area contributed by atoms with Gasteiger partial charge in [-0.15, -0.1) is 11.8 Å². The van der Waals surface area contributed by atoms with Gasteiger partial charge in [-0.3, -0.25) is 0 Å². The van der Waals surface area contributed by atoms with Crippen molar-refractivity contribution in [1.82, 2.24) is 0 Å². The van der Waals surface area contributed by atoms with Gasteiger partial charge in [-0.05, 0) is 94.9 Å². The second kappa shape index (κ2) is 10.7. The fraction of sp³-hybridized carbons (Fsp3) is 0.100. The van der Waals surface area contributed by atoms with Gasteiger partial charge in [-0.2, -0.15) is 0 Å². The molecule has 1 aliphatic rings. The lowest BCUT2D eigenvalue weighted by Gasteiger charge is -2.31. The summed E-state index contributed by atoms with van der Waals surface area (Å²) in [5.41, 5.74) is 13.6. The average Bonchev–Trinajstić information content (AvgIpc) is 3.31. The third kappa shape index (κ3) is 4.26. The third-order valence-electron chi connectivity index (χ3n) is 8.78. The first-order valence-corrected chi connectivity index (χ1v) is 15.7. The quantitative estimate of drug-likeness (QED) is 0.187. The van der Waals surface area contributed by atoms with Gasteiger partial charge < -0.3 is 4.90 Å². The molecule has 42 heavy (non-hydrogen) atoms. The zero-order valence-corrected chi connectivity index (χ0v) is 25.0. The van der Waals surface area contributed by atoms with E-state index in [-0.39, 0.29) is 5.41 Å². The largest absolute Gasteiger partial charge is 0.309 e. The number of fused-ring (bicyclic) bond motifs is 3. The van der Waals surface area contributed by atoms with Crippen molar-refractivity contribution in [3.63, 3.8) is 0 Å². The molecule has 2 heteroatoms. The van der Waals surface area contributed by atoms with E-state index >= 15 is 0 Å². The fourth-order valence-electron chi connectivity index (χ4n) is 6.64. The molecular weight excluding hydrogens is 527 g/mol. The van der Waals surface area contributed by atoms with Crippen molar-refractivity contribution in [3.05, 3.63) is 168 Å². The lowest BCUT2D eigenvalue weighted by atomic mass is 9.74. The van der Waals surface area contributed by atoms with Crippen molar-refractivity contribution < 1.29 is 0 Å². The SMILES string of the molecule is CSc1c(C)cccc1N(c1ccc(-c2ccccc2)cc1)c1ccc2c(c1)C(C)(c1ccccc1)c1ccccc1-2. The molecule has 1 unspecified atom stereocenters. The Bertz CT molecular complexity index is 1880. The van der Waals surface area contributed by atoms with Crippen LogP contribution < -0.4 is 4.90 Å². The van der Waals surface area contributed by atoms with Crippen LogP contribution in [0.15, 0.2) is 150 Å². The van der Waals surface area contributed by atoms with Gasteiger partial charge in [-0.1, -0.05) is 115 Å². The van der Waals surface area contributed by atoms with Gasteiger partial charge in [0.15, 0.2) is 0 Å². The van der Waals surface area contributed by atoms with Gasteiger partial charge in [-0.25, -0.2) is 0 Å². The number of rotatable bonds is 6. The molecule has 1 nitrogen and oxygen atoms in total. The number of anilines is 3. The minimum Gasteiger partial charge on any atom is -0.309 e. The summed E-state index contributed by atoms with van der Waals surface area (Å²) in [5, 5.41) is 0. The van der Waals surface area contributed by atoms with Gasteiger partial charge in [0.05, 0.1) is 5.69 Å². The molecule has 0 fully saturated rings. The standard InChI is InChI=1S/C40H33NS/c1-28-13-12-20-38(39(28)42-3)41(32-23-21-30(22-24-32)29-14-6-4-7-15-29)33-25-26-35-34-18-10-11-19-36(34)40(2,37(35)27-33)31-16-8-5-9-17-31/h4-27H,1-3H3. The van der Waals surface area contributed by atoms with E-state index in [2.05, 4.69) is 171 Å². The number of hydrogen-bond donors (Lipinski definition) is 0. The lowest BCUT2D eigenvalue weighted by molar-refractivity contribution is 0.714. The Balaban J connectivity index is 1.43. The van der Waals surface area contributed by atoms with E-state index in [4.69, 9.17) is 0 Å². The minimum absolute atomic E-state index is 0.249. The summed E-state index contributed by atoms with van der Waals surface area (Å²) in [7, 11) is 0. The molecule has 0 aliphatic heterocycles. The van der Waals surface area contributed by atoms with Crippen LogP contribution in [-0.2, 0) is 5.41 Å². The predicted molar refractivity (Wildman–Crippen MR) is 181 cm³/mol. The molecule has 1 aliphatic carbocycles. The van der Waals surface area contributed by atoms with Crippen molar-refractivity contribution in [2.24, 2.45) is 0 Å². The first-order valence-electron chi connectivity index (χ1n) is 14.5. The maximum absolute atomic E-state index is 2.43. The predicted octanol–water partition coefficient (Wildman–Crippen LogP) is 11.2. The summed E-state index contributed by atoms with van der Waals surface area (Å²) in [6.45, 7) is 4.59. The first kappa shape index (κ1) is 26.4. The van der Waals surface area contributed by atoms with E-state index in [1.54, 1.807) is 0 Å². The normalized spacial score (nSPS) is 15.2. The summed E-state index contributed by atoms with van der Waals surface area (Å²) < 4.78 is 0.